The Morgan fingerprint density at radius 2 is 2.06 bits per heavy atom. The standard InChI is InChI=1S/C13H18N2O2S/c1-4-5-6-7-15-18(16,17)13-9-12(14)8-10(2)11(13)3/h1,8-9,15H,5-7,14H2,2-3H3. The van der Waals surface area contributed by atoms with Crippen LogP contribution in [0, 0.1) is 26.2 Å². The lowest BCUT2D eigenvalue weighted by Gasteiger charge is -2.11. The molecular formula is C13H18N2O2S. The number of hydrogen-bond acceptors (Lipinski definition) is 3. The Balaban J connectivity index is 2.96. The van der Waals surface area contributed by atoms with E-state index in [2.05, 4.69) is 10.6 Å². The lowest BCUT2D eigenvalue weighted by Crippen LogP contribution is -2.25. The number of benzene rings is 1. The summed E-state index contributed by atoms with van der Waals surface area (Å²) in [4.78, 5) is 0.237. The van der Waals surface area contributed by atoms with E-state index in [0.29, 0.717) is 30.6 Å². The zero-order chi connectivity index (χ0) is 13.8. The van der Waals surface area contributed by atoms with Crippen LogP contribution in [0.1, 0.15) is 24.0 Å². The van der Waals surface area contributed by atoms with Gasteiger partial charge in [0.05, 0.1) is 4.90 Å². The van der Waals surface area contributed by atoms with Gasteiger partial charge >= 0.3 is 0 Å². The number of hydrogen-bond donors (Lipinski definition) is 2. The lowest BCUT2D eigenvalue weighted by atomic mass is 10.1. The van der Waals surface area contributed by atoms with Gasteiger partial charge in [0.15, 0.2) is 0 Å². The number of anilines is 1. The molecule has 0 saturated heterocycles. The fraction of sp³-hybridized carbons (Fsp3) is 0.385. The van der Waals surface area contributed by atoms with E-state index in [1.807, 2.05) is 6.92 Å². The molecule has 98 valence electrons. The monoisotopic (exact) mass is 266 g/mol. The number of nitrogen functional groups attached to an aromatic ring is 1. The summed E-state index contributed by atoms with van der Waals surface area (Å²) >= 11 is 0. The summed E-state index contributed by atoms with van der Waals surface area (Å²) in [6.07, 6.45) is 6.28. The minimum Gasteiger partial charge on any atom is -0.399 e. The van der Waals surface area contributed by atoms with Crippen molar-refractivity contribution in [1.29, 1.82) is 0 Å². The first-order chi connectivity index (χ1) is 8.38. The van der Waals surface area contributed by atoms with E-state index in [9.17, 15) is 8.42 Å². The molecule has 1 rings (SSSR count). The maximum Gasteiger partial charge on any atom is 0.240 e. The summed E-state index contributed by atoms with van der Waals surface area (Å²) in [5.74, 6) is 2.47. The van der Waals surface area contributed by atoms with E-state index < -0.39 is 10.0 Å². The second kappa shape index (κ2) is 5.89. The van der Waals surface area contributed by atoms with Crippen molar-refractivity contribution in [2.24, 2.45) is 0 Å². The van der Waals surface area contributed by atoms with E-state index in [1.54, 1.807) is 13.0 Å². The molecule has 3 N–H and O–H groups in total. The third-order valence-corrected chi connectivity index (χ3v) is 4.31. The van der Waals surface area contributed by atoms with Crippen molar-refractivity contribution in [2.45, 2.75) is 31.6 Å². The molecule has 0 saturated carbocycles. The highest BCUT2D eigenvalue weighted by molar-refractivity contribution is 7.89. The second-order valence-electron chi connectivity index (χ2n) is 4.17. The van der Waals surface area contributed by atoms with Crippen LogP contribution in [0.5, 0.6) is 0 Å². The Labute approximate surface area is 109 Å². The smallest absolute Gasteiger partial charge is 0.240 e. The predicted octanol–water partition coefficient (Wildman–Crippen LogP) is 1.58. The van der Waals surface area contributed by atoms with Gasteiger partial charge in [-0.05, 0) is 43.5 Å². The van der Waals surface area contributed by atoms with Gasteiger partial charge in [0, 0.05) is 18.7 Å². The van der Waals surface area contributed by atoms with Gasteiger partial charge in [-0.3, -0.25) is 0 Å². The largest absolute Gasteiger partial charge is 0.399 e. The maximum atomic E-state index is 12.1. The van der Waals surface area contributed by atoms with Gasteiger partial charge < -0.3 is 5.73 Å². The van der Waals surface area contributed by atoms with Crippen LogP contribution in [-0.4, -0.2) is 15.0 Å². The summed E-state index contributed by atoms with van der Waals surface area (Å²) in [5, 5.41) is 0. The molecule has 0 unspecified atom stereocenters. The van der Waals surface area contributed by atoms with E-state index >= 15 is 0 Å². The minimum absolute atomic E-state index is 0.237. The van der Waals surface area contributed by atoms with E-state index in [-0.39, 0.29) is 4.90 Å². The highest BCUT2D eigenvalue weighted by Crippen LogP contribution is 2.22. The molecule has 0 atom stereocenters. The van der Waals surface area contributed by atoms with E-state index in [4.69, 9.17) is 12.2 Å². The van der Waals surface area contributed by atoms with Crippen LogP contribution in [0.15, 0.2) is 17.0 Å². The molecule has 18 heavy (non-hydrogen) atoms. The first-order valence-electron chi connectivity index (χ1n) is 5.68. The number of sulfonamides is 1. The van der Waals surface area contributed by atoms with Crippen molar-refractivity contribution < 1.29 is 8.42 Å². The summed E-state index contributed by atoms with van der Waals surface area (Å²) in [7, 11) is -3.52. The van der Waals surface area contributed by atoms with E-state index in [1.165, 1.54) is 6.07 Å². The van der Waals surface area contributed by atoms with Crippen LogP contribution in [0.25, 0.3) is 0 Å². The topological polar surface area (TPSA) is 72.2 Å². The minimum atomic E-state index is -3.52. The Kier molecular flexibility index (Phi) is 4.76. The van der Waals surface area contributed by atoms with Gasteiger partial charge in [0.25, 0.3) is 0 Å². The average molecular weight is 266 g/mol. The first kappa shape index (κ1) is 14.6. The van der Waals surface area contributed by atoms with Gasteiger partial charge in [0.1, 0.15) is 0 Å². The van der Waals surface area contributed by atoms with Crippen LogP contribution in [0.2, 0.25) is 0 Å². The van der Waals surface area contributed by atoms with Crippen molar-refractivity contribution in [3.63, 3.8) is 0 Å². The van der Waals surface area contributed by atoms with Crippen molar-refractivity contribution in [3.8, 4) is 12.3 Å². The van der Waals surface area contributed by atoms with Crippen molar-refractivity contribution in [2.75, 3.05) is 12.3 Å². The Bertz CT molecular complexity index is 571. The zero-order valence-corrected chi connectivity index (χ0v) is 11.5. The zero-order valence-electron chi connectivity index (χ0n) is 10.7. The molecule has 1 aromatic rings. The molecule has 0 fully saturated rings. The molecule has 4 nitrogen and oxygen atoms in total. The molecule has 0 amide bonds. The number of unbranched alkanes of at least 4 members (excludes halogenated alkanes) is 1. The third kappa shape index (κ3) is 3.49. The normalized spacial score (nSPS) is 11.2. The van der Waals surface area contributed by atoms with Crippen LogP contribution in [0.3, 0.4) is 0 Å². The number of nitrogens with one attached hydrogen (secondary N) is 1. The third-order valence-electron chi connectivity index (χ3n) is 2.72. The molecule has 0 aliphatic carbocycles. The first-order valence-corrected chi connectivity index (χ1v) is 7.16. The number of rotatable bonds is 5. The van der Waals surface area contributed by atoms with Crippen LogP contribution in [0.4, 0.5) is 5.69 Å². The summed E-state index contributed by atoms with van der Waals surface area (Å²) in [5.41, 5.74) is 7.71. The highest BCUT2D eigenvalue weighted by Gasteiger charge is 2.17. The molecule has 0 aliphatic heterocycles. The van der Waals surface area contributed by atoms with Crippen LogP contribution in [-0.2, 0) is 10.0 Å². The van der Waals surface area contributed by atoms with Crippen molar-refractivity contribution in [3.05, 3.63) is 23.3 Å². The Morgan fingerprint density at radius 1 is 1.39 bits per heavy atom. The Morgan fingerprint density at radius 3 is 2.67 bits per heavy atom. The fourth-order valence-electron chi connectivity index (χ4n) is 1.61. The van der Waals surface area contributed by atoms with Gasteiger partial charge in [-0.25, -0.2) is 13.1 Å². The van der Waals surface area contributed by atoms with Gasteiger partial charge in [-0.1, -0.05) is 0 Å². The summed E-state index contributed by atoms with van der Waals surface area (Å²) in [6.45, 7) is 3.94. The average Bonchev–Trinajstić information content (AvgIpc) is 2.29. The molecule has 0 aromatic heterocycles. The molecule has 0 radical (unpaired) electrons. The fourth-order valence-corrected chi connectivity index (χ4v) is 3.03. The predicted molar refractivity (Wildman–Crippen MR) is 73.6 cm³/mol. The van der Waals surface area contributed by atoms with Gasteiger partial charge in [-0.15, -0.1) is 12.3 Å². The maximum absolute atomic E-state index is 12.1. The highest BCUT2D eigenvalue weighted by atomic mass is 32.2. The molecule has 0 bridgehead atoms. The SMILES string of the molecule is C#CCCCNS(=O)(=O)c1cc(N)cc(C)c1C. The summed E-state index contributed by atoms with van der Waals surface area (Å²) in [6, 6.07) is 3.23. The van der Waals surface area contributed by atoms with Crippen molar-refractivity contribution >= 4 is 15.7 Å². The number of aryl methyl sites for hydroxylation is 1. The Hall–Kier alpha value is -1.51. The van der Waals surface area contributed by atoms with Crippen molar-refractivity contribution in [1.82, 2.24) is 4.72 Å². The van der Waals surface area contributed by atoms with Crippen LogP contribution >= 0.6 is 0 Å². The van der Waals surface area contributed by atoms with Gasteiger partial charge in [0.2, 0.25) is 10.0 Å². The van der Waals surface area contributed by atoms with Gasteiger partial charge in [-0.2, -0.15) is 0 Å². The molecule has 5 heteroatoms. The molecule has 0 aliphatic rings. The molecule has 0 spiro atoms. The molecule has 1 aromatic carbocycles. The molecule has 0 heterocycles. The lowest BCUT2D eigenvalue weighted by molar-refractivity contribution is 0.579. The summed E-state index contributed by atoms with van der Waals surface area (Å²) < 4.78 is 26.7. The number of terminal acetylenes is 1. The molecular weight excluding hydrogens is 248 g/mol. The quantitative estimate of drug-likeness (QED) is 0.483. The van der Waals surface area contributed by atoms with E-state index in [0.717, 1.165) is 5.56 Å². The second-order valence-corrected chi connectivity index (χ2v) is 5.90. The number of nitrogens with two attached hydrogens (primary N) is 1. The van der Waals surface area contributed by atoms with Crippen LogP contribution < -0.4 is 10.5 Å².